The molecule has 0 aliphatic carbocycles. The standard InChI is InChI=1S/C27H31N7O4/c1-6-37-21-10-8-7-9-20(21)34(24(19-13-15-28-16-14-19)26(36)29-27(3,4)5)23(35)17-33-31-25(30-32-33)22-12-11-18(2)38-22/h7-16,24H,6,17H2,1-5H3,(H,29,36). The van der Waals surface area contributed by atoms with Crippen molar-refractivity contribution in [2.75, 3.05) is 11.5 Å². The molecule has 3 heterocycles. The zero-order valence-electron chi connectivity index (χ0n) is 22.1. The summed E-state index contributed by atoms with van der Waals surface area (Å²) < 4.78 is 11.4. The van der Waals surface area contributed by atoms with Crippen LogP contribution in [0.2, 0.25) is 0 Å². The van der Waals surface area contributed by atoms with Gasteiger partial charge in [0.1, 0.15) is 24.1 Å². The van der Waals surface area contributed by atoms with Gasteiger partial charge in [-0.15, -0.1) is 10.2 Å². The number of nitrogens with zero attached hydrogens (tertiary/aromatic N) is 6. The molecule has 0 bridgehead atoms. The highest BCUT2D eigenvalue weighted by Gasteiger charge is 2.36. The predicted molar refractivity (Wildman–Crippen MR) is 140 cm³/mol. The fourth-order valence-corrected chi connectivity index (χ4v) is 3.91. The molecule has 2 amide bonds. The maximum atomic E-state index is 14.0. The van der Waals surface area contributed by atoms with Crippen molar-refractivity contribution in [2.24, 2.45) is 0 Å². The van der Waals surface area contributed by atoms with Gasteiger partial charge >= 0.3 is 0 Å². The van der Waals surface area contributed by atoms with Gasteiger partial charge < -0.3 is 14.5 Å². The second-order valence-corrected chi connectivity index (χ2v) is 9.64. The molecule has 3 aromatic heterocycles. The smallest absolute Gasteiger partial charge is 0.251 e. The Balaban J connectivity index is 1.78. The molecule has 38 heavy (non-hydrogen) atoms. The maximum Gasteiger partial charge on any atom is 0.251 e. The maximum absolute atomic E-state index is 14.0. The largest absolute Gasteiger partial charge is 0.492 e. The van der Waals surface area contributed by atoms with E-state index in [1.165, 1.54) is 9.70 Å². The van der Waals surface area contributed by atoms with Crippen molar-refractivity contribution in [1.82, 2.24) is 30.5 Å². The lowest BCUT2D eigenvalue weighted by Gasteiger charge is -2.34. The van der Waals surface area contributed by atoms with Crippen LogP contribution in [0.1, 0.15) is 45.1 Å². The quantitative estimate of drug-likeness (QED) is 0.356. The van der Waals surface area contributed by atoms with Gasteiger partial charge in [-0.25, -0.2) is 0 Å². The number of ether oxygens (including phenoxy) is 1. The van der Waals surface area contributed by atoms with Crippen molar-refractivity contribution < 1.29 is 18.7 Å². The number of para-hydroxylation sites is 2. The number of carbonyl (C=O) groups excluding carboxylic acids is 2. The van der Waals surface area contributed by atoms with E-state index in [2.05, 4.69) is 25.7 Å². The van der Waals surface area contributed by atoms with Crippen LogP contribution in [0.5, 0.6) is 5.75 Å². The lowest BCUT2D eigenvalue weighted by molar-refractivity contribution is -0.128. The van der Waals surface area contributed by atoms with Gasteiger partial charge in [0.25, 0.3) is 5.91 Å². The normalized spacial score (nSPS) is 12.1. The molecule has 1 atom stereocenters. The lowest BCUT2D eigenvalue weighted by Crippen LogP contribution is -2.50. The number of hydrogen-bond donors (Lipinski definition) is 1. The number of aromatic nitrogens is 5. The first kappa shape index (κ1) is 26.5. The Morgan fingerprint density at radius 2 is 1.84 bits per heavy atom. The van der Waals surface area contributed by atoms with Crippen LogP contribution in [0.4, 0.5) is 5.69 Å². The second kappa shape index (κ2) is 11.2. The van der Waals surface area contributed by atoms with E-state index in [1.54, 1.807) is 54.9 Å². The van der Waals surface area contributed by atoms with Crippen LogP contribution in [-0.4, -0.2) is 49.2 Å². The Morgan fingerprint density at radius 3 is 2.50 bits per heavy atom. The highest BCUT2D eigenvalue weighted by atomic mass is 16.5. The number of hydrogen-bond acceptors (Lipinski definition) is 8. The average molecular weight is 518 g/mol. The third kappa shape index (κ3) is 6.23. The molecule has 1 unspecified atom stereocenters. The van der Waals surface area contributed by atoms with Crippen molar-refractivity contribution in [3.63, 3.8) is 0 Å². The van der Waals surface area contributed by atoms with Gasteiger partial charge in [-0.2, -0.15) is 4.80 Å². The summed E-state index contributed by atoms with van der Waals surface area (Å²) in [7, 11) is 0. The SMILES string of the molecule is CCOc1ccccc1N(C(=O)Cn1nnc(-c2ccc(C)o2)n1)C(C(=O)NC(C)(C)C)c1ccncc1. The van der Waals surface area contributed by atoms with Crippen molar-refractivity contribution in [2.45, 2.75) is 52.7 Å². The summed E-state index contributed by atoms with van der Waals surface area (Å²) in [6.45, 7) is 9.41. The first-order chi connectivity index (χ1) is 18.2. The van der Waals surface area contributed by atoms with E-state index in [4.69, 9.17) is 9.15 Å². The Morgan fingerprint density at radius 1 is 1.11 bits per heavy atom. The summed E-state index contributed by atoms with van der Waals surface area (Å²) in [5.41, 5.74) is 0.479. The van der Waals surface area contributed by atoms with Gasteiger partial charge in [-0.1, -0.05) is 12.1 Å². The molecule has 0 radical (unpaired) electrons. The third-order valence-corrected chi connectivity index (χ3v) is 5.41. The fraction of sp³-hybridized carbons (Fsp3) is 0.333. The summed E-state index contributed by atoms with van der Waals surface area (Å²) in [5.74, 6) is 1.06. The number of tetrazole rings is 1. The van der Waals surface area contributed by atoms with Crippen molar-refractivity contribution >= 4 is 17.5 Å². The summed E-state index contributed by atoms with van der Waals surface area (Å²) >= 11 is 0. The molecular formula is C27H31N7O4. The van der Waals surface area contributed by atoms with Gasteiger partial charge in [-0.3, -0.25) is 19.5 Å². The number of aryl methyl sites for hydroxylation is 1. The minimum Gasteiger partial charge on any atom is -0.492 e. The molecule has 1 aromatic carbocycles. The molecule has 0 saturated heterocycles. The molecule has 4 rings (SSSR count). The first-order valence-electron chi connectivity index (χ1n) is 12.3. The molecule has 1 N–H and O–H groups in total. The molecule has 11 nitrogen and oxygen atoms in total. The van der Waals surface area contributed by atoms with E-state index >= 15 is 0 Å². The molecule has 198 valence electrons. The number of benzene rings is 1. The summed E-state index contributed by atoms with van der Waals surface area (Å²) in [6, 6.07) is 13.0. The number of amides is 2. The van der Waals surface area contributed by atoms with E-state index in [9.17, 15) is 9.59 Å². The minimum atomic E-state index is -1.03. The van der Waals surface area contributed by atoms with E-state index in [1.807, 2.05) is 40.7 Å². The molecular weight excluding hydrogens is 486 g/mol. The van der Waals surface area contributed by atoms with E-state index in [0.717, 1.165) is 0 Å². The highest BCUT2D eigenvalue weighted by molar-refractivity contribution is 6.02. The molecule has 0 aliphatic rings. The predicted octanol–water partition coefficient (Wildman–Crippen LogP) is 3.72. The van der Waals surface area contributed by atoms with Crippen LogP contribution >= 0.6 is 0 Å². The second-order valence-electron chi connectivity index (χ2n) is 9.64. The molecule has 0 saturated carbocycles. The fourth-order valence-electron chi connectivity index (χ4n) is 3.91. The zero-order valence-corrected chi connectivity index (χ0v) is 22.1. The van der Waals surface area contributed by atoms with Gasteiger partial charge in [0.2, 0.25) is 11.7 Å². The van der Waals surface area contributed by atoms with Gasteiger partial charge in [0, 0.05) is 17.9 Å². The molecule has 11 heteroatoms. The lowest BCUT2D eigenvalue weighted by atomic mass is 10.0. The van der Waals surface area contributed by atoms with Crippen LogP contribution in [0.15, 0.2) is 65.3 Å². The summed E-state index contributed by atoms with van der Waals surface area (Å²) in [6.07, 6.45) is 3.17. The monoisotopic (exact) mass is 517 g/mol. The minimum absolute atomic E-state index is 0.253. The van der Waals surface area contributed by atoms with Crippen LogP contribution < -0.4 is 15.0 Å². The number of nitrogens with one attached hydrogen (secondary N) is 1. The van der Waals surface area contributed by atoms with Crippen LogP contribution in [-0.2, 0) is 16.1 Å². The Hall–Kier alpha value is -4.54. The van der Waals surface area contributed by atoms with Crippen LogP contribution in [0.3, 0.4) is 0 Å². The number of pyridine rings is 1. The number of carbonyl (C=O) groups is 2. The number of rotatable bonds is 9. The number of anilines is 1. The van der Waals surface area contributed by atoms with E-state index < -0.39 is 17.5 Å². The molecule has 0 fully saturated rings. The van der Waals surface area contributed by atoms with Crippen molar-refractivity contribution in [3.8, 4) is 17.3 Å². The topological polar surface area (TPSA) is 128 Å². The highest BCUT2D eigenvalue weighted by Crippen LogP contribution is 2.35. The Kier molecular flexibility index (Phi) is 7.85. The Labute approximate surface area is 220 Å². The molecule has 0 aliphatic heterocycles. The Bertz CT molecular complexity index is 1390. The van der Waals surface area contributed by atoms with Gasteiger partial charge in [-0.05, 0) is 81.8 Å². The van der Waals surface area contributed by atoms with Gasteiger partial charge in [0.15, 0.2) is 5.76 Å². The van der Waals surface area contributed by atoms with Crippen LogP contribution in [0, 0.1) is 6.92 Å². The van der Waals surface area contributed by atoms with Crippen LogP contribution in [0.25, 0.3) is 11.6 Å². The first-order valence-corrected chi connectivity index (χ1v) is 12.3. The van der Waals surface area contributed by atoms with Gasteiger partial charge in [0.05, 0.1) is 12.3 Å². The summed E-state index contributed by atoms with van der Waals surface area (Å²) in [4.78, 5) is 34.5. The molecule has 0 spiro atoms. The molecule has 4 aromatic rings. The zero-order chi connectivity index (χ0) is 27.3. The van der Waals surface area contributed by atoms with Crippen molar-refractivity contribution in [1.29, 1.82) is 0 Å². The van der Waals surface area contributed by atoms with E-state index in [0.29, 0.717) is 35.1 Å². The number of furan rings is 1. The third-order valence-electron chi connectivity index (χ3n) is 5.41. The van der Waals surface area contributed by atoms with Crippen molar-refractivity contribution in [3.05, 3.63) is 72.2 Å². The van der Waals surface area contributed by atoms with E-state index in [-0.39, 0.29) is 18.3 Å². The summed E-state index contributed by atoms with van der Waals surface area (Å²) in [5, 5.41) is 15.4. The average Bonchev–Trinajstić information content (AvgIpc) is 3.51.